The molecule has 0 bridgehead atoms. The lowest BCUT2D eigenvalue weighted by molar-refractivity contribution is 0.370. The predicted molar refractivity (Wildman–Crippen MR) is 70.0 cm³/mol. The van der Waals surface area contributed by atoms with Gasteiger partial charge in [-0.25, -0.2) is 0 Å². The number of benzene rings is 2. The van der Waals surface area contributed by atoms with Crippen molar-refractivity contribution in [3.63, 3.8) is 0 Å². The highest BCUT2D eigenvalue weighted by Gasteiger charge is 1.92. The number of nitrogens with zero attached hydrogens (tertiary/aromatic N) is 1. The molecule has 0 N–H and O–H groups in total. The number of hydrogen-bond donors (Lipinski definition) is 0. The summed E-state index contributed by atoms with van der Waals surface area (Å²) in [6.45, 7) is 0.334. The van der Waals surface area contributed by atoms with Crippen LogP contribution in [0.1, 0.15) is 11.1 Å². The maximum absolute atomic E-state index is 8.66. The van der Waals surface area contributed by atoms with Gasteiger partial charge in [0, 0.05) is 5.56 Å². The predicted octanol–water partition coefficient (Wildman–Crippen LogP) is 2.99. The summed E-state index contributed by atoms with van der Waals surface area (Å²) in [5, 5.41) is 8.66. The Kier molecular flexibility index (Phi) is 4.01. The zero-order chi connectivity index (χ0) is 12.6. The fourth-order valence-corrected chi connectivity index (χ4v) is 1.40. The Morgan fingerprint density at radius 3 is 2.28 bits per heavy atom. The SMILES string of the molecule is N#Cc1ccc(OCC#Cc2ccccc2)cc1. The summed E-state index contributed by atoms with van der Waals surface area (Å²) in [5.74, 6) is 6.67. The van der Waals surface area contributed by atoms with E-state index in [0.717, 1.165) is 11.3 Å². The van der Waals surface area contributed by atoms with Crippen LogP contribution in [0, 0.1) is 23.2 Å². The van der Waals surface area contributed by atoms with Gasteiger partial charge < -0.3 is 4.74 Å². The Morgan fingerprint density at radius 2 is 1.61 bits per heavy atom. The lowest BCUT2D eigenvalue weighted by Crippen LogP contribution is -1.93. The first-order valence-electron chi connectivity index (χ1n) is 5.55. The summed E-state index contributed by atoms with van der Waals surface area (Å²) in [5.41, 5.74) is 1.60. The molecule has 0 aromatic heterocycles. The van der Waals surface area contributed by atoms with Crippen LogP contribution in [0.3, 0.4) is 0 Å². The van der Waals surface area contributed by atoms with Crippen LogP contribution in [0.15, 0.2) is 54.6 Å². The van der Waals surface area contributed by atoms with Gasteiger partial charge in [-0.2, -0.15) is 5.26 Å². The average Bonchev–Trinajstić information content (AvgIpc) is 2.45. The Hall–Kier alpha value is -2.71. The first-order chi connectivity index (χ1) is 8.88. The number of nitriles is 1. The van der Waals surface area contributed by atoms with E-state index in [1.807, 2.05) is 30.3 Å². The third kappa shape index (κ3) is 3.40. The second-order valence-electron chi connectivity index (χ2n) is 3.59. The van der Waals surface area contributed by atoms with Gasteiger partial charge in [0.1, 0.15) is 12.4 Å². The van der Waals surface area contributed by atoms with Gasteiger partial charge in [0.05, 0.1) is 11.6 Å². The minimum Gasteiger partial charge on any atom is -0.481 e. The monoisotopic (exact) mass is 233 g/mol. The molecule has 2 aromatic rings. The Labute approximate surface area is 106 Å². The van der Waals surface area contributed by atoms with Gasteiger partial charge >= 0.3 is 0 Å². The van der Waals surface area contributed by atoms with Gasteiger partial charge in [-0.05, 0) is 36.4 Å². The van der Waals surface area contributed by atoms with Gasteiger partial charge in [-0.3, -0.25) is 0 Å². The molecule has 18 heavy (non-hydrogen) atoms. The van der Waals surface area contributed by atoms with Crippen LogP contribution in [0.2, 0.25) is 0 Å². The second kappa shape index (κ2) is 6.13. The maximum atomic E-state index is 8.66. The standard InChI is InChI=1S/C16H11NO/c17-13-15-8-10-16(11-9-15)18-12-4-7-14-5-2-1-3-6-14/h1-3,5-6,8-11H,12H2. The second-order valence-corrected chi connectivity index (χ2v) is 3.59. The fraction of sp³-hybridized carbons (Fsp3) is 0.0625. The molecule has 2 rings (SSSR count). The van der Waals surface area contributed by atoms with Crippen molar-refractivity contribution in [2.24, 2.45) is 0 Å². The molecule has 0 aliphatic carbocycles. The molecular formula is C16H11NO. The molecule has 0 amide bonds. The molecule has 0 radical (unpaired) electrons. The van der Waals surface area contributed by atoms with Gasteiger partial charge in [0.15, 0.2) is 0 Å². The van der Waals surface area contributed by atoms with Crippen LogP contribution in [-0.2, 0) is 0 Å². The molecule has 0 saturated carbocycles. The summed E-state index contributed by atoms with van der Waals surface area (Å²) in [6.07, 6.45) is 0. The van der Waals surface area contributed by atoms with E-state index < -0.39 is 0 Å². The molecule has 2 nitrogen and oxygen atoms in total. The van der Waals surface area contributed by atoms with E-state index in [2.05, 4.69) is 17.9 Å². The minimum atomic E-state index is 0.334. The summed E-state index contributed by atoms with van der Waals surface area (Å²) in [7, 11) is 0. The van der Waals surface area contributed by atoms with Crippen LogP contribution in [-0.4, -0.2) is 6.61 Å². The molecule has 0 atom stereocenters. The molecule has 0 unspecified atom stereocenters. The van der Waals surface area contributed by atoms with E-state index in [1.54, 1.807) is 24.3 Å². The molecule has 2 aromatic carbocycles. The van der Waals surface area contributed by atoms with Crippen LogP contribution >= 0.6 is 0 Å². The van der Waals surface area contributed by atoms with Crippen LogP contribution in [0.25, 0.3) is 0 Å². The fourth-order valence-electron chi connectivity index (χ4n) is 1.40. The van der Waals surface area contributed by atoms with Crippen molar-refractivity contribution >= 4 is 0 Å². The van der Waals surface area contributed by atoms with E-state index >= 15 is 0 Å². The molecule has 0 aliphatic heterocycles. The van der Waals surface area contributed by atoms with Gasteiger partial charge in [-0.15, -0.1) is 0 Å². The van der Waals surface area contributed by atoms with Crippen molar-refractivity contribution in [2.75, 3.05) is 6.61 Å². The van der Waals surface area contributed by atoms with Gasteiger partial charge in [0.25, 0.3) is 0 Å². The maximum Gasteiger partial charge on any atom is 0.149 e. The first kappa shape index (κ1) is 11.8. The number of hydrogen-bond acceptors (Lipinski definition) is 2. The molecule has 86 valence electrons. The van der Waals surface area contributed by atoms with Gasteiger partial charge in [0.2, 0.25) is 0 Å². The molecule has 0 heterocycles. The van der Waals surface area contributed by atoms with Crippen molar-refractivity contribution in [1.29, 1.82) is 5.26 Å². The van der Waals surface area contributed by atoms with E-state index in [9.17, 15) is 0 Å². The Morgan fingerprint density at radius 1 is 0.889 bits per heavy atom. The largest absolute Gasteiger partial charge is 0.481 e. The smallest absolute Gasteiger partial charge is 0.149 e. The average molecular weight is 233 g/mol. The van der Waals surface area contributed by atoms with Crippen LogP contribution in [0.5, 0.6) is 5.75 Å². The highest BCUT2D eigenvalue weighted by molar-refractivity contribution is 5.36. The van der Waals surface area contributed by atoms with Crippen molar-refractivity contribution < 1.29 is 4.74 Å². The summed E-state index contributed by atoms with van der Waals surface area (Å²) in [6, 6.07) is 18.8. The van der Waals surface area contributed by atoms with Crippen LogP contribution < -0.4 is 4.74 Å². The van der Waals surface area contributed by atoms with E-state index in [-0.39, 0.29) is 0 Å². The number of rotatable bonds is 2. The summed E-state index contributed by atoms with van der Waals surface area (Å²) in [4.78, 5) is 0. The Balaban J connectivity index is 1.89. The minimum absolute atomic E-state index is 0.334. The van der Waals surface area contributed by atoms with E-state index in [0.29, 0.717) is 12.2 Å². The highest BCUT2D eigenvalue weighted by atomic mass is 16.5. The molecule has 0 aliphatic rings. The molecule has 0 fully saturated rings. The lowest BCUT2D eigenvalue weighted by atomic mass is 10.2. The van der Waals surface area contributed by atoms with Crippen molar-refractivity contribution in [2.45, 2.75) is 0 Å². The molecule has 0 saturated heterocycles. The highest BCUT2D eigenvalue weighted by Crippen LogP contribution is 2.10. The Bertz CT molecular complexity index is 598. The van der Waals surface area contributed by atoms with Crippen molar-refractivity contribution in [1.82, 2.24) is 0 Å². The topological polar surface area (TPSA) is 33.0 Å². The van der Waals surface area contributed by atoms with E-state index in [4.69, 9.17) is 10.00 Å². The summed E-state index contributed by atoms with van der Waals surface area (Å²) >= 11 is 0. The first-order valence-corrected chi connectivity index (χ1v) is 5.55. The zero-order valence-electron chi connectivity index (χ0n) is 9.76. The normalized spacial score (nSPS) is 8.83. The molecule has 0 spiro atoms. The van der Waals surface area contributed by atoms with E-state index in [1.165, 1.54) is 0 Å². The third-order valence-electron chi connectivity index (χ3n) is 2.30. The molecular weight excluding hydrogens is 222 g/mol. The zero-order valence-corrected chi connectivity index (χ0v) is 9.76. The van der Waals surface area contributed by atoms with Crippen molar-refractivity contribution in [3.05, 3.63) is 65.7 Å². The lowest BCUT2D eigenvalue weighted by Gasteiger charge is -2.00. The van der Waals surface area contributed by atoms with Crippen LogP contribution in [0.4, 0.5) is 0 Å². The molecule has 2 heteroatoms. The quantitative estimate of drug-likeness (QED) is 0.747. The summed E-state index contributed by atoms with van der Waals surface area (Å²) < 4.78 is 5.44. The third-order valence-corrected chi connectivity index (χ3v) is 2.30. The number of ether oxygens (including phenoxy) is 1. The van der Waals surface area contributed by atoms with Gasteiger partial charge in [-0.1, -0.05) is 30.0 Å². The van der Waals surface area contributed by atoms with Crippen molar-refractivity contribution in [3.8, 4) is 23.7 Å².